The van der Waals surface area contributed by atoms with Crippen molar-refractivity contribution in [2.24, 2.45) is 11.7 Å². The Labute approximate surface area is 69.2 Å². The molecule has 0 amide bonds. The summed E-state index contributed by atoms with van der Waals surface area (Å²) in [7, 11) is 0. The molecule has 0 rings (SSSR count). The first-order chi connectivity index (χ1) is 4.16. The Morgan fingerprint density at radius 3 is 2.10 bits per heavy atom. The highest BCUT2D eigenvalue weighted by molar-refractivity contribution is 5.85. The fraction of sp³-hybridized carbons (Fsp3) is 1.00. The highest BCUT2D eigenvalue weighted by Crippen LogP contribution is 2.04. The van der Waals surface area contributed by atoms with Gasteiger partial charge in [0.2, 0.25) is 0 Å². The molecule has 0 aliphatic carbocycles. The SMILES string of the molecule is CC(C)CCC(N)CO.Cl. The molecule has 0 spiro atoms. The number of nitrogens with two attached hydrogens (primary N) is 1. The zero-order valence-corrected chi connectivity index (χ0v) is 7.53. The lowest BCUT2D eigenvalue weighted by atomic mass is 10.0. The number of aliphatic hydroxyl groups excluding tert-OH is 1. The van der Waals surface area contributed by atoms with Crippen LogP contribution in [0, 0.1) is 5.92 Å². The van der Waals surface area contributed by atoms with E-state index in [1.54, 1.807) is 0 Å². The largest absolute Gasteiger partial charge is 0.395 e. The summed E-state index contributed by atoms with van der Waals surface area (Å²) < 4.78 is 0. The van der Waals surface area contributed by atoms with E-state index in [1.165, 1.54) is 0 Å². The van der Waals surface area contributed by atoms with Crippen LogP contribution >= 0.6 is 12.4 Å². The molecule has 0 aliphatic heterocycles. The van der Waals surface area contributed by atoms with Crippen LogP contribution in [0.15, 0.2) is 0 Å². The third-order valence-corrected chi connectivity index (χ3v) is 1.35. The van der Waals surface area contributed by atoms with Gasteiger partial charge in [0.05, 0.1) is 6.61 Å². The Balaban J connectivity index is 0. The lowest BCUT2D eigenvalue weighted by molar-refractivity contribution is 0.254. The van der Waals surface area contributed by atoms with E-state index in [0.717, 1.165) is 12.8 Å². The van der Waals surface area contributed by atoms with Gasteiger partial charge in [-0.15, -0.1) is 12.4 Å². The Bertz CT molecular complexity index is 68.6. The van der Waals surface area contributed by atoms with Crippen LogP contribution in [-0.4, -0.2) is 17.8 Å². The number of halogens is 1. The summed E-state index contributed by atoms with van der Waals surface area (Å²) in [6, 6.07) is -0.00704. The minimum atomic E-state index is -0.00704. The third kappa shape index (κ3) is 8.21. The molecule has 0 fully saturated rings. The van der Waals surface area contributed by atoms with E-state index in [4.69, 9.17) is 10.8 Å². The molecule has 0 saturated heterocycles. The van der Waals surface area contributed by atoms with Gasteiger partial charge in [0.15, 0.2) is 0 Å². The van der Waals surface area contributed by atoms with Crippen molar-refractivity contribution in [2.75, 3.05) is 6.61 Å². The zero-order chi connectivity index (χ0) is 7.28. The molecule has 1 atom stereocenters. The van der Waals surface area contributed by atoms with Crippen molar-refractivity contribution >= 4 is 12.4 Å². The minimum absolute atomic E-state index is 0. The Kier molecular flexibility index (Phi) is 9.40. The fourth-order valence-corrected chi connectivity index (χ4v) is 0.639. The van der Waals surface area contributed by atoms with Gasteiger partial charge in [-0.25, -0.2) is 0 Å². The van der Waals surface area contributed by atoms with Gasteiger partial charge in [-0.2, -0.15) is 0 Å². The van der Waals surface area contributed by atoms with Crippen molar-refractivity contribution in [2.45, 2.75) is 32.7 Å². The molecule has 0 bridgehead atoms. The van der Waals surface area contributed by atoms with Crippen LogP contribution in [-0.2, 0) is 0 Å². The van der Waals surface area contributed by atoms with Crippen LogP contribution in [0.1, 0.15) is 26.7 Å². The summed E-state index contributed by atoms with van der Waals surface area (Å²) in [4.78, 5) is 0. The Morgan fingerprint density at radius 1 is 1.30 bits per heavy atom. The second kappa shape index (κ2) is 7.32. The van der Waals surface area contributed by atoms with Crippen molar-refractivity contribution in [3.8, 4) is 0 Å². The molecule has 64 valence electrons. The standard InChI is InChI=1S/C7H17NO.ClH/c1-6(2)3-4-7(8)5-9;/h6-7,9H,3-5,8H2,1-2H3;1H. The lowest BCUT2D eigenvalue weighted by Gasteiger charge is -2.08. The molecule has 0 saturated carbocycles. The fourth-order valence-electron chi connectivity index (χ4n) is 0.639. The number of rotatable bonds is 4. The topological polar surface area (TPSA) is 46.2 Å². The summed E-state index contributed by atoms with van der Waals surface area (Å²) in [5.41, 5.74) is 5.47. The van der Waals surface area contributed by atoms with Gasteiger partial charge in [0.1, 0.15) is 0 Å². The van der Waals surface area contributed by atoms with Gasteiger partial charge in [0, 0.05) is 6.04 Å². The normalized spacial score (nSPS) is 12.9. The van der Waals surface area contributed by atoms with Gasteiger partial charge < -0.3 is 10.8 Å². The van der Waals surface area contributed by atoms with Crippen molar-refractivity contribution in [3.05, 3.63) is 0 Å². The summed E-state index contributed by atoms with van der Waals surface area (Å²) in [5.74, 6) is 0.697. The van der Waals surface area contributed by atoms with Crippen molar-refractivity contribution in [1.82, 2.24) is 0 Å². The Hall–Kier alpha value is 0.210. The molecular formula is C7H18ClNO. The summed E-state index contributed by atoms with van der Waals surface area (Å²) in [6.07, 6.45) is 2.05. The molecule has 10 heavy (non-hydrogen) atoms. The minimum Gasteiger partial charge on any atom is -0.395 e. The molecule has 2 nitrogen and oxygen atoms in total. The van der Waals surface area contributed by atoms with E-state index in [9.17, 15) is 0 Å². The van der Waals surface area contributed by atoms with Crippen LogP contribution in [0.3, 0.4) is 0 Å². The van der Waals surface area contributed by atoms with Crippen molar-refractivity contribution in [3.63, 3.8) is 0 Å². The summed E-state index contributed by atoms with van der Waals surface area (Å²) >= 11 is 0. The molecule has 1 unspecified atom stereocenters. The van der Waals surface area contributed by atoms with E-state index in [0.29, 0.717) is 5.92 Å². The number of hydrogen-bond acceptors (Lipinski definition) is 2. The average molecular weight is 168 g/mol. The first-order valence-corrected chi connectivity index (χ1v) is 3.53. The van der Waals surface area contributed by atoms with E-state index < -0.39 is 0 Å². The van der Waals surface area contributed by atoms with Gasteiger partial charge in [-0.3, -0.25) is 0 Å². The molecule has 0 aliphatic rings. The molecule has 0 radical (unpaired) electrons. The smallest absolute Gasteiger partial charge is 0.0582 e. The van der Waals surface area contributed by atoms with Gasteiger partial charge >= 0.3 is 0 Å². The van der Waals surface area contributed by atoms with Gasteiger partial charge in [-0.05, 0) is 18.8 Å². The molecule has 3 N–H and O–H groups in total. The summed E-state index contributed by atoms with van der Waals surface area (Å²) in [6.45, 7) is 4.43. The zero-order valence-electron chi connectivity index (χ0n) is 6.71. The first-order valence-electron chi connectivity index (χ1n) is 3.53. The molecule has 0 aromatic rings. The van der Waals surface area contributed by atoms with Gasteiger partial charge in [-0.1, -0.05) is 13.8 Å². The number of aliphatic hydroxyl groups is 1. The van der Waals surface area contributed by atoms with E-state index in [2.05, 4.69) is 13.8 Å². The highest BCUT2D eigenvalue weighted by atomic mass is 35.5. The third-order valence-electron chi connectivity index (χ3n) is 1.35. The van der Waals surface area contributed by atoms with Gasteiger partial charge in [0.25, 0.3) is 0 Å². The molecule has 0 aromatic heterocycles. The van der Waals surface area contributed by atoms with Crippen LogP contribution in [0.25, 0.3) is 0 Å². The maximum Gasteiger partial charge on any atom is 0.0582 e. The molecular weight excluding hydrogens is 150 g/mol. The second-order valence-corrected chi connectivity index (χ2v) is 2.91. The monoisotopic (exact) mass is 167 g/mol. The number of hydrogen-bond donors (Lipinski definition) is 2. The second-order valence-electron chi connectivity index (χ2n) is 2.91. The predicted molar refractivity (Wildman–Crippen MR) is 46.4 cm³/mol. The maximum absolute atomic E-state index is 8.52. The molecule has 0 heterocycles. The van der Waals surface area contributed by atoms with E-state index in [1.807, 2.05) is 0 Å². The van der Waals surface area contributed by atoms with E-state index >= 15 is 0 Å². The van der Waals surface area contributed by atoms with Crippen LogP contribution in [0.5, 0.6) is 0 Å². The quantitative estimate of drug-likeness (QED) is 0.661. The average Bonchev–Trinajstić information content (AvgIpc) is 1.83. The van der Waals surface area contributed by atoms with Crippen molar-refractivity contribution in [1.29, 1.82) is 0 Å². The lowest BCUT2D eigenvalue weighted by Crippen LogP contribution is -2.24. The molecule has 0 aromatic carbocycles. The van der Waals surface area contributed by atoms with Crippen molar-refractivity contribution < 1.29 is 5.11 Å². The van der Waals surface area contributed by atoms with Crippen LogP contribution < -0.4 is 5.73 Å². The Morgan fingerprint density at radius 2 is 1.80 bits per heavy atom. The highest BCUT2D eigenvalue weighted by Gasteiger charge is 2.00. The van der Waals surface area contributed by atoms with Crippen LogP contribution in [0.4, 0.5) is 0 Å². The molecule has 3 heteroatoms. The summed E-state index contributed by atoms with van der Waals surface area (Å²) in [5, 5.41) is 8.52. The predicted octanol–water partition coefficient (Wildman–Crippen LogP) is 1.16. The van der Waals surface area contributed by atoms with E-state index in [-0.39, 0.29) is 25.1 Å². The maximum atomic E-state index is 8.52. The first kappa shape index (κ1) is 12.8. The van der Waals surface area contributed by atoms with Crippen LogP contribution in [0.2, 0.25) is 0 Å².